The van der Waals surface area contributed by atoms with Crippen LogP contribution in [0.2, 0.25) is 0 Å². The largest absolute Gasteiger partial charge is 0.573 e. The highest BCUT2D eigenvalue weighted by Gasteiger charge is 2.32. The first-order chi connectivity index (χ1) is 8.51. The summed E-state index contributed by atoms with van der Waals surface area (Å²) in [5, 5.41) is 7.14. The molecule has 3 nitrogen and oxygen atoms in total. The third-order valence-electron chi connectivity index (χ3n) is 2.27. The Morgan fingerprint density at radius 2 is 1.94 bits per heavy atom. The summed E-state index contributed by atoms with van der Waals surface area (Å²) in [6.45, 7) is 5.77. The Hall–Kier alpha value is -1.72. The molecule has 0 spiro atoms. The van der Waals surface area contributed by atoms with Crippen LogP contribution in [-0.2, 0) is 6.42 Å². The maximum absolute atomic E-state index is 12.1. The van der Waals surface area contributed by atoms with E-state index in [-0.39, 0.29) is 5.75 Å². The fourth-order valence-electron chi connectivity index (χ4n) is 1.64. The van der Waals surface area contributed by atoms with E-state index in [4.69, 9.17) is 0 Å². The maximum Gasteiger partial charge on any atom is 0.573 e. The van der Waals surface area contributed by atoms with Crippen LogP contribution in [-0.4, -0.2) is 16.6 Å². The average molecular weight is 260 g/mol. The van der Waals surface area contributed by atoms with Crippen molar-refractivity contribution in [3.63, 3.8) is 0 Å². The van der Waals surface area contributed by atoms with E-state index in [1.807, 2.05) is 13.8 Å². The first kappa shape index (κ1) is 14.3. The van der Waals surface area contributed by atoms with Gasteiger partial charge in [-0.2, -0.15) is 5.10 Å². The molecule has 0 aliphatic carbocycles. The minimum atomic E-state index is -4.67. The SMILES string of the molecule is CC.CCc1c(OC(F)(F)F)ccc2[nH]ncc12. The number of aromatic nitrogens is 2. The zero-order valence-corrected chi connectivity index (χ0v) is 10.4. The van der Waals surface area contributed by atoms with Gasteiger partial charge in [0.1, 0.15) is 5.75 Å². The predicted molar refractivity (Wildman–Crippen MR) is 63.5 cm³/mol. The van der Waals surface area contributed by atoms with Crippen molar-refractivity contribution < 1.29 is 17.9 Å². The summed E-state index contributed by atoms with van der Waals surface area (Å²) < 4.78 is 40.4. The molecule has 0 radical (unpaired) electrons. The second kappa shape index (κ2) is 5.75. The van der Waals surface area contributed by atoms with Gasteiger partial charge in [0.2, 0.25) is 0 Å². The van der Waals surface area contributed by atoms with E-state index in [2.05, 4.69) is 14.9 Å². The fraction of sp³-hybridized carbons (Fsp3) is 0.417. The molecule has 0 amide bonds. The minimum Gasteiger partial charge on any atom is -0.405 e. The molecule has 0 bridgehead atoms. The van der Waals surface area contributed by atoms with Crippen LogP contribution in [0.25, 0.3) is 10.9 Å². The van der Waals surface area contributed by atoms with Gasteiger partial charge in [-0.05, 0) is 18.6 Å². The Kier molecular flexibility index (Phi) is 4.58. The monoisotopic (exact) mass is 260 g/mol. The summed E-state index contributed by atoms with van der Waals surface area (Å²) in [5.74, 6) is -0.163. The highest BCUT2D eigenvalue weighted by molar-refractivity contribution is 5.84. The van der Waals surface area contributed by atoms with Crippen molar-refractivity contribution in [3.05, 3.63) is 23.9 Å². The number of hydrogen-bond acceptors (Lipinski definition) is 2. The number of H-pyrrole nitrogens is 1. The molecule has 6 heteroatoms. The van der Waals surface area contributed by atoms with Crippen LogP contribution in [0.3, 0.4) is 0 Å². The number of halogens is 3. The van der Waals surface area contributed by atoms with Crippen molar-refractivity contribution in [2.45, 2.75) is 33.6 Å². The molecule has 100 valence electrons. The van der Waals surface area contributed by atoms with Crippen molar-refractivity contribution in [1.29, 1.82) is 0 Å². The predicted octanol–water partition coefficient (Wildman–Crippen LogP) is 4.05. The van der Waals surface area contributed by atoms with Crippen LogP contribution < -0.4 is 4.74 Å². The smallest absolute Gasteiger partial charge is 0.405 e. The summed E-state index contributed by atoms with van der Waals surface area (Å²) in [6.07, 6.45) is -2.72. The van der Waals surface area contributed by atoms with Gasteiger partial charge in [-0.25, -0.2) is 0 Å². The Bertz CT molecular complexity index is 505. The standard InChI is InChI=1S/C10H9F3N2O.C2H6/c1-2-6-7-5-14-15-8(7)3-4-9(6)16-10(11,12)13;1-2/h3-5H,2H2,1H3,(H,14,15);1-2H3. The number of ether oxygens (including phenoxy) is 1. The maximum atomic E-state index is 12.1. The molecule has 1 N–H and O–H groups in total. The first-order valence-electron chi connectivity index (χ1n) is 5.72. The second-order valence-electron chi connectivity index (χ2n) is 3.27. The average Bonchev–Trinajstić information content (AvgIpc) is 2.77. The lowest BCUT2D eigenvalue weighted by Gasteiger charge is -2.12. The summed E-state index contributed by atoms with van der Waals surface area (Å²) in [7, 11) is 0. The molecule has 1 aromatic carbocycles. The van der Waals surface area contributed by atoms with Crippen molar-refractivity contribution in [1.82, 2.24) is 10.2 Å². The normalized spacial score (nSPS) is 11.0. The zero-order valence-electron chi connectivity index (χ0n) is 10.4. The molecular weight excluding hydrogens is 245 g/mol. The molecule has 0 aliphatic heterocycles. The lowest BCUT2D eigenvalue weighted by molar-refractivity contribution is -0.274. The molecule has 1 heterocycles. The molecule has 0 unspecified atom stereocenters. The van der Waals surface area contributed by atoms with Crippen LogP contribution in [0.4, 0.5) is 13.2 Å². The quantitative estimate of drug-likeness (QED) is 0.884. The number of aromatic amines is 1. The minimum absolute atomic E-state index is 0.163. The van der Waals surface area contributed by atoms with Gasteiger partial charge in [0.15, 0.2) is 0 Å². The third kappa shape index (κ3) is 3.15. The highest BCUT2D eigenvalue weighted by atomic mass is 19.4. The van der Waals surface area contributed by atoms with Crippen molar-refractivity contribution in [2.24, 2.45) is 0 Å². The van der Waals surface area contributed by atoms with Crippen LogP contribution in [0.15, 0.2) is 18.3 Å². The molecule has 2 aromatic rings. The molecule has 1 aromatic heterocycles. The molecule has 2 rings (SSSR count). The van der Waals surface area contributed by atoms with Gasteiger partial charge in [-0.1, -0.05) is 20.8 Å². The molecule has 0 atom stereocenters. The number of alkyl halides is 3. The van der Waals surface area contributed by atoms with E-state index in [1.165, 1.54) is 18.3 Å². The number of nitrogens with zero attached hydrogens (tertiary/aromatic N) is 1. The van der Waals surface area contributed by atoms with Crippen LogP contribution in [0.1, 0.15) is 26.3 Å². The van der Waals surface area contributed by atoms with Gasteiger partial charge >= 0.3 is 6.36 Å². The Balaban J connectivity index is 0.000000771. The topological polar surface area (TPSA) is 37.9 Å². The molecule has 18 heavy (non-hydrogen) atoms. The first-order valence-corrected chi connectivity index (χ1v) is 5.72. The zero-order chi connectivity index (χ0) is 13.8. The van der Waals surface area contributed by atoms with Crippen LogP contribution in [0, 0.1) is 0 Å². The second-order valence-corrected chi connectivity index (χ2v) is 3.27. The van der Waals surface area contributed by atoms with Crippen molar-refractivity contribution in [3.8, 4) is 5.75 Å². The Morgan fingerprint density at radius 3 is 2.50 bits per heavy atom. The summed E-state index contributed by atoms with van der Waals surface area (Å²) >= 11 is 0. The van der Waals surface area contributed by atoms with Gasteiger partial charge in [-0.3, -0.25) is 5.10 Å². The number of fused-ring (bicyclic) bond motifs is 1. The van der Waals surface area contributed by atoms with Gasteiger partial charge in [-0.15, -0.1) is 13.2 Å². The van der Waals surface area contributed by atoms with E-state index in [0.29, 0.717) is 22.9 Å². The van der Waals surface area contributed by atoms with Gasteiger partial charge in [0, 0.05) is 10.9 Å². The molecular formula is C12H15F3N2O. The molecule has 0 saturated heterocycles. The highest BCUT2D eigenvalue weighted by Crippen LogP contribution is 2.31. The van der Waals surface area contributed by atoms with E-state index >= 15 is 0 Å². The molecule has 0 aliphatic rings. The van der Waals surface area contributed by atoms with Gasteiger partial charge in [0.05, 0.1) is 11.7 Å². The summed E-state index contributed by atoms with van der Waals surface area (Å²) in [4.78, 5) is 0. The molecule has 0 fully saturated rings. The number of hydrogen-bond donors (Lipinski definition) is 1. The number of rotatable bonds is 2. The number of benzene rings is 1. The van der Waals surface area contributed by atoms with Crippen molar-refractivity contribution in [2.75, 3.05) is 0 Å². The van der Waals surface area contributed by atoms with E-state index in [1.54, 1.807) is 6.92 Å². The van der Waals surface area contributed by atoms with Crippen LogP contribution >= 0.6 is 0 Å². The van der Waals surface area contributed by atoms with Gasteiger partial charge < -0.3 is 4.74 Å². The number of aryl methyl sites for hydroxylation is 1. The Labute approximate surface area is 103 Å². The van der Waals surface area contributed by atoms with E-state index < -0.39 is 6.36 Å². The summed E-state index contributed by atoms with van der Waals surface area (Å²) in [6, 6.07) is 2.81. The summed E-state index contributed by atoms with van der Waals surface area (Å²) in [5.41, 5.74) is 1.20. The third-order valence-corrected chi connectivity index (χ3v) is 2.27. The van der Waals surface area contributed by atoms with Crippen molar-refractivity contribution >= 4 is 10.9 Å². The fourth-order valence-corrected chi connectivity index (χ4v) is 1.64. The van der Waals surface area contributed by atoms with E-state index in [0.717, 1.165) is 0 Å². The molecule has 0 saturated carbocycles. The number of nitrogens with one attached hydrogen (secondary N) is 1. The Morgan fingerprint density at radius 1 is 1.28 bits per heavy atom. The van der Waals surface area contributed by atoms with Gasteiger partial charge in [0.25, 0.3) is 0 Å². The lowest BCUT2D eigenvalue weighted by atomic mass is 10.1. The van der Waals surface area contributed by atoms with E-state index in [9.17, 15) is 13.2 Å². The lowest BCUT2D eigenvalue weighted by Crippen LogP contribution is -2.18. The van der Waals surface area contributed by atoms with Crippen LogP contribution in [0.5, 0.6) is 5.75 Å².